The lowest BCUT2D eigenvalue weighted by Crippen LogP contribution is -2.50. The third-order valence-corrected chi connectivity index (χ3v) is 5.45. The first-order valence-electron chi connectivity index (χ1n) is 10.0. The van der Waals surface area contributed by atoms with Crippen molar-refractivity contribution in [3.05, 3.63) is 65.2 Å². The number of benzene rings is 2. The van der Waals surface area contributed by atoms with E-state index in [9.17, 15) is 9.59 Å². The van der Waals surface area contributed by atoms with Crippen molar-refractivity contribution in [2.24, 2.45) is 0 Å². The molecule has 0 spiro atoms. The fraction of sp³-hybridized carbons (Fsp3) is 0.391. The van der Waals surface area contributed by atoms with Crippen LogP contribution in [0, 0.1) is 0 Å². The first-order chi connectivity index (χ1) is 14.0. The quantitative estimate of drug-likeness (QED) is 0.704. The first kappa shape index (κ1) is 21.2. The van der Waals surface area contributed by atoms with Gasteiger partial charge < -0.3 is 15.0 Å². The number of nitrogens with one attached hydrogen (secondary N) is 1. The molecule has 0 bridgehead atoms. The van der Waals surface area contributed by atoms with Crippen molar-refractivity contribution in [1.29, 1.82) is 0 Å². The molecule has 154 valence electrons. The van der Waals surface area contributed by atoms with E-state index in [1.807, 2.05) is 36.4 Å². The van der Waals surface area contributed by atoms with Gasteiger partial charge in [0.1, 0.15) is 11.8 Å². The van der Waals surface area contributed by atoms with E-state index >= 15 is 0 Å². The van der Waals surface area contributed by atoms with E-state index < -0.39 is 6.04 Å². The minimum Gasteiger partial charge on any atom is -0.484 e. The molecule has 1 aliphatic carbocycles. The molecule has 2 amide bonds. The van der Waals surface area contributed by atoms with Crippen LogP contribution in [0.1, 0.15) is 38.2 Å². The van der Waals surface area contributed by atoms with E-state index in [-0.39, 0.29) is 31.0 Å². The third-order valence-electron chi connectivity index (χ3n) is 5.22. The number of halogens is 1. The Morgan fingerprint density at radius 3 is 2.55 bits per heavy atom. The molecule has 0 aromatic heterocycles. The van der Waals surface area contributed by atoms with Gasteiger partial charge in [0, 0.05) is 17.6 Å². The molecule has 1 unspecified atom stereocenters. The summed E-state index contributed by atoms with van der Waals surface area (Å²) in [5.74, 6) is 0.238. The fourth-order valence-electron chi connectivity index (χ4n) is 3.55. The van der Waals surface area contributed by atoms with Gasteiger partial charge >= 0.3 is 0 Å². The molecular weight excluding hydrogens is 388 g/mol. The Morgan fingerprint density at radius 2 is 1.86 bits per heavy atom. The zero-order chi connectivity index (χ0) is 20.6. The predicted octanol–water partition coefficient (Wildman–Crippen LogP) is 4.19. The summed E-state index contributed by atoms with van der Waals surface area (Å²) in [6, 6.07) is 16.1. The number of carbonyl (C=O) groups excluding carboxylic acids is 2. The highest BCUT2D eigenvalue weighted by Crippen LogP contribution is 2.19. The predicted molar refractivity (Wildman–Crippen MR) is 114 cm³/mol. The van der Waals surface area contributed by atoms with Gasteiger partial charge in [-0.05, 0) is 49.6 Å². The van der Waals surface area contributed by atoms with Crippen LogP contribution in [0.4, 0.5) is 0 Å². The Labute approximate surface area is 177 Å². The van der Waals surface area contributed by atoms with Crippen LogP contribution >= 0.6 is 11.6 Å². The highest BCUT2D eigenvalue weighted by molar-refractivity contribution is 6.30. The largest absolute Gasteiger partial charge is 0.484 e. The van der Waals surface area contributed by atoms with Gasteiger partial charge in [-0.1, -0.05) is 54.8 Å². The molecule has 1 N–H and O–H groups in total. The summed E-state index contributed by atoms with van der Waals surface area (Å²) in [5.41, 5.74) is 0.867. The van der Waals surface area contributed by atoms with Gasteiger partial charge in [0.05, 0.1) is 0 Å². The van der Waals surface area contributed by atoms with Gasteiger partial charge in [-0.3, -0.25) is 9.59 Å². The number of hydrogen-bond donors (Lipinski definition) is 1. The number of amides is 2. The van der Waals surface area contributed by atoms with Gasteiger partial charge in [0.15, 0.2) is 6.61 Å². The average molecular weight is 415 g/mol. The van der Waals surface area contributed by atoms with E-state index in [1.165, 1.54) is 0 Å². The normalized spacial score (nSPS) is 15.0. The van der Waals surface area contributed by atoms with Crippen LogP contribution in [0.5, 0.6) is 5.75 Å². The Hall–Kier alpha value is -2.53. The molecule has 2 aromatic carbocycles. The summed E-state index contributed by atoms with van der Waals surface area (Å²) in [7, 11) is 0. The lowest BCUT2D eigenvalue weighted by atomic mass is 10.1. The van der Waals surface area contributed by atoms with Crippen LogP contribution in [-0.4, -0.2) is 35.4 Å². The summed E-state index contributed by atoms with van der Waals surface area (Å²) in [4.78, 5) is 27.3. The van der Waals surface area contributed by atoms with Crippen molar-refractivity contribution < 1.29 is 14.3 Å². The molecule has 0 heterocycles. The van der Waals surface area contributed by atoms with E-state index in [0.717, 1.165) is 31.2 Å². The molecule has 0 radical (unpaired) electrons. The number of carbonyl (C=O) groups is 2. The monoisotopic (exact) mass is 414 g/mol. The van der Waals surface area contributed by atoms with Crippen molar-refractivity contribution in [2.45, 2.75) is 51.2 Å². The topological polar surface area (TPSA) is 58.6 Å². The molecule has 1 aliphatic rings. The molecule has 1 saturated carbocycles. The minimum absolute atomic E-state index is 0.132. The Morgan fingerprint density at radius 1 is 1.14 bits per heavy atom. The second-order valence-corrected chi connectivity index (χ2v) is 7.86. The Kier molecular flexibility index (Phi) is 7.53. The third kappa shape index (κ3) is 6.23. The van der Waals surface area contributed by atoms with E-state index in [4.69, 9.17) is 16.3 Å². The van der Waals surface area contributed by atoms with Gasteiger partial charge in [-0.25, -0.2) is 0 Å². The van der Waals surface area contributed by atoms with E-state index in [1.54, 1.807) is 30.0 Å². The second kappa shape index (κ2) is 10.3. The number of ether oxygens (including phenoxy) is 1. The Balaban J connectivity index is 1.70. The molecule has 1 atom stereocenters. The highest BCUT2D eigenvalue weighted by atomic mass is 35.5. The van der Waals surface area contributed by atoms with Gasteiger partial charge in [0.2, 0.25) is 5.91 Å². The van der Waals surface area contributed by atoms with Gasteiger partial charge in [0.25, 0.3) is 5.91 Å². The van der Waals surface area contributed by atoms with Crippen LogP contribution in [0.2, 0.25) is 5.02 Å². The molecule has 3 rings (SSSR count). The van der Waals surface area contributed by atoms with E-state index in [0.29, 0.717) is 10.8 Å². The first-order valence-corrected chi connectivity index (χ1v) is 10.4. The lowest BCUT2D eigenvalue weighted by molar-refractivity contribution is -0.142. The van der Waals surface area contributed by atoms with Crippen molar-refractivity contribution in [1.82, 2.24) is 10.2 Å². The van der Waals surface area contributed by atoms with E-state index in [2.05, 4.69) is 5.32 Å². The molecule has 0 aliphatic heterocycles. The van der Waals surface area contributed by atoms with Crippen molar-refractivity contribution >= 4 is 23.4 Å². The van der Waals surface area contributed by atoms with Crippen molar-refractivity contribution in [3.8, 4) is 5.75 Å². The molecule has 5 nitrogen and oxygen atoms in total. The number of hydrogen-bond acceptors (Lipinski definition) is 3. The number of para-hydroxylation sites is 1. The highest BCUT2D eigenvalue weighted by Gasteiger charge is 2.28. The summed E-state index contributed by atoms with van der Waals surface area (Å²) in [5, 5.41) is 3.68. The number of nitrogens with zero attached hydrogens (tertiary/aromatic N) is 1. The smallest absolute Gasteiger partial charge is 0.261 e. The Bertz CT molecular complexity index is 822. The zero-order valence-corrected chi connectivity index (χ0v) is 17.4. The van der Waals surface area contributed by atoms with Gasteiger partial charge in [-0.15, -0.1) is 0 Å². The average Bonchev–Trinajstić information content (AvgIpc) is 3.23. The van der Waals surface area contributed by atoms with Crippen LogP contribution in [0.25, 0.3) is 0 Å². The molecule has 6 heteroatoms. The SMILES string of the molecule is CC(C(=O)NC1CCCC1)N(Cc1cccc(Cl)c1)C(=O)COc1ccccc1. The summed E-state index contributed by atoms with van der Waals surface area (Å²) >= 11 is 6.10. The molecular formula is C23H27ClN2O3. The maximum absolute atomic E-state index is 13.0. The van der Waals surface area contributed by atoms with Crippen LogP contribution in [0.3, 0.4) is 0 Å². The maximum atomic E-state index is 13.0. The maximum Gasteiger partial charge on any atom is 0.261 e. The van der Waals surface area contributed by atoms with Crippen LogP contribution < -0.4 is 10.1 Å². The summed E-state index contributed by atoms with van der Waals surface area (Å²) in [6.45, 7) is 1.91. The second-order valence-electron chi connectivity index (χ2n) is 7.42. The van der Waals surface area contributed by atoms with Crippen molar-refractivity contribution in [2.75, 3.05) is 6.61 Å². The molecule has 29 heavy (non-hydrogen) atoms. The fourth-order valence-corrected chi connectivity index (χ4v) is 3.76. The molecule has 2 aromatic rings. The standard InChI is InChI=1S/C23H27ClN2O3/c1-17(23(28)25-20-10-5-6-11-20)26(15-18-8-7-9-19(24)14-18)22(27)16-29-21-12-3-2-4-13-21/h2-4,7-9,12-14,17,20H,5-6,10-11,15-16H2,1H3,(H,25,28). The van der Waals surface area contributed by atoms with Crippen LogP contribution in [-0.2, 0) is 16.1 Å². The van der Waals surface area contributed by atoms with Gasteiger partial charge in [-0.2, -0.15) is 0 Å². The summed E-state index contributed by atoms with van der Waals surface area (Å²) < 4.78 is 5.62. The van der Waals surface area contributed by atoms with Crippen LogP contribution in [0.15, 0.2) is 54.6 Å². The number of rotatable bonds is 8. The minimum atomic E-state index is -0.610. The summed E-state index contributed by atoms with van der Waals surface area (Å²) in [6.07, 6.45) is 4.26. The zero-order valence-electron chi connectivity index (χ0n) is 16.6. The molecule has 1 fully saturated rings. The molecule has 0 saturated heterocycles. The van der Waals surface area contributed by atoms with Crippen molar-refractivity contribution in [3.63, 3.8) is 0 Å². The lowest BCUT2D eigenvalue weighted by Gasteiger charge is -2.29.